The van der Waals surface area contributed by atoms with E-state index < -0.39 is 5.97 Å². The summed E-state index contributed by atoms with van der Waals surface area (Å²) < 4.78 is 1.78. The predicted molar refractivity (Wildman–Crippen MR) is 63.0 cm³/mol. The summed E-state index contributed by atoms with van der Waals surface area (Å²) >= 11 is 0. The SMILES string of the molecule is Cn1cnnc1CCNC(=O)NCCCC(=O)O. The summed E-state index contributed by atoms with van der Waals surface area (Å²) in [6.45, 7) is 0.805. The van der Waals surface area contributed by atoms with Gasteiger partial charge < -0.3 is 20.3 Å². The molecule has 1 aromatic rings. The Hall–Kier alpha value is -2.12. The van der Waals surface area contributed by atoms with Crippen molar-refractivity contribution >= 4 is 12.0 Å². The van der Waals surface area contributed by atoms with E-state index >= 15 is 0 Å². The molecular formula is C10H17N5O3. The monoisotopic (exact) mass is 255 g/mol. The van der Waals surface area contributed by atoms with E-state index in [9.17, 15) is 9.59 Å². The third-order valence-corrected chi connectivity index (χ3v) is 2.29. The second-order valence-corrected chi connectivity index (χ2v) is 3.79. The molecule has 2 amide bonds. The van der Waals surface area contributed by atoms with Crippen LogP contribution in [0.5, 0.6) is 0 Å². The van der Waals surface area contributed by atoms with Crippen molar-refractivity contribution in [2.24, 2.45) is 7.05 Å². The molecule has 1 heterocycles. The van der Waals surface area contributed by atoms with Crippen molar-refractivity contribution in [2.75, 3.05) is 13.1 Å². The molecular weight excluding hydrogens is 238 g/mol. The molecule has 0 unspecified atom stereocenters. The lowest BCUT2D eigenvalue weighted by atomic mass is 10.3. The quantitative estimate of drug-likeness (QED) is 0.570. The lowest BCUT2D eigenvalue weighted by Crippen LogP contribution is -2.37. The fourth-order valence-corrected chi connectivity index (χ4v) is 1.33. The number of amides is 2. The van der Waals surface area contributed by atoms with Gasteiger partial charge in [-0.15, -0.1) is 10.2 Å². The summed E-state index contributed by atoms with van der Waals surface area (Å²) in [6.07, 6.45) is 2.67. The summed E-state index contributed by atoms with van der Waals surface area (Å²) in [4.78, 5) is 21.5. The van der Waals surface area contributed by atoms with E-state index in [2.05, 4.69) is 20.8 Å². The van der Waals surface area contributed by atoms with E-state index in [1.807, 2.05) is 7.05 Å². The van der Waals surface area contributed by atoms with Crippen molar-refractivity contribution in [3.05, 3.63) is 12.2 Å². The minimum absolute atomic E-state index is 0.0548. The van der Waals surface area contributed by atoms with Gasteiger partial charge in [-0.3, -0.25) is 4.79 Å². The van der Waals surface area contributed by atoms with Gasteiger partial charge in [0, 0.05) is 33.0 Å². The molecule has 0 saturated heterocycles. The smallest absolute Gasteiger partial charge is 0.314 e. The molecule has 0 aliphatic heterocycles. The Kier molecular flexibility index (Phi) is 5.62. The minimum Gasteiger partial charge on any atom is -0.481 e. The Morgan fingerprint density at radius 3 is 2.72 bits per heavy atom. The van der Waals surface area contributed by atoms with Crippen LogP contribution < -0.4 is 10.6 Å². The first-order valence-corrected chi connectivity index (χ1v) is 5.66. The highest BCUT2D eigenvalue weighted by atomic mass is 16.4. The maximum atomic E-state index is 11.3. The number of aliphatic carboxylic acids is 1. The molecule has 100 valence electrons. The fourth-order valence-electron chi connectivity index (χ4n) is 1.33. The number of carboxylic acid groups (broad SMARTS) is 1. The Morgan fingerprint density at radius 2 is 2.11 bits per heavy atom. The van der Waals surface area contributed by atoms with Gasteiger partial charge in [0.15, 0.2) is 0 Å². The normalized spacial score (nSPS) is 10.1. The first-order chi connectivity index (χ1) is 8.59. The van der Waals surface area contributed by atoms with Crippen molar-refractivity contribution in [1.82, 2.24) is 25.4 Å². The number of hydrogen-bond acceptors (Lipinski definition) is 4. The Bertz CT molecular complexity index is 404. The van der Waals surface area contributed by atoms with Crippen LogP contribution in [0.4, 0.5) is 4.79 Å². The summed E-state index contributed by atoms with van der Waals surface area (Å²) in [5, 5.41) is 21.3. The molecule has 8 heteroatoms. The number of nitrogens with zero attached hydrogens (tertiary/aromatic N) is 3. The van der Waals surface area contributed by atoms with E-state index in [1.165, 1.54) is 0 Å². The number of urea groups is 1. The lowest BCUT2D eigenvalue weighted by molar-refractivity contribution is -0.137. The van der Waals surface area contributed by atoms with Gasteiger partial charge in [0.2, 0.25) is 0 Å². The molecule has 0 aliphatic rings. The van der Waals surface area contributed by atoms with Gasteiger partial charge in [-0.25, -0.2) is 4.79 Å². The number of aromatic nitrogens is 3. The van der Waals surface area contributed by atoms with Gasteiger partial charge in [-0.2, -0.15) is 0 Å². The highest BCUT2D eigenvalue weighted by molar-refractivity contribution is 5.73. The second-order valence-electron chi connectivity index (χ2n) is 3.79. The number of hydrogen-bond donors (Lipinski definition) is 3. The molecule has 0 spiro atoms. The number of aryl methyl sites for hydroxylation is 1. The van der Waals surface area contributed by atoms with E-state index in [1.54, 1.807) is 10.9 Å². The number of nitrogens with one attached hydrogen (secondary N) is 2. The molecule has 18 heavy (non-hydrogen) atoms. The van der Waals surface area contributed by atoms with Crippen molar-refractivity contribution in [3.8, 4) is 0 Å². The highest BCUT2D eigenvalue weighted by Gasteiger charge is 2.03. The summed E-state index contributed by atoms with van der Waals surface area (Å²) in [5.41, 5.74) is 0. The number of carboxylic acids is 1. The number of rotatable bonds is 7. The number of carbonyl (C=O) groups is 2. The summed E-state index contributed by atoms with van der Waals surface area (Å²) in [6, 6.07) is -0.303. The van der Waals surface area contributed by atoms with Crippen LogP contribution in [0.1, 0.15) is 18.7 Å². The molecule has 0 radical (unpaired) electrons. The minimum atomic E-state index is -0.862. The van der Waals surface area contributed by atoms with Crippen molar-refractivity contribution in [3.63, 3.8) is 0 Å². The van der Waals surface area contributed by atoms with E-state index in [4.69, 9.17) is 5.11 Å². The van der Waals surface area contributed by atoms with Gasteiger partial charge in [0.1, 0.15) is 12.2 Å². The number of carbonyl (C=O) groups excluding carboxylic acids is 1. The van der Waals surface area contributed by atoms with E-state index in [-0.39, 0.29) is 12.5 Å². The van der Waals surface area contributed by atoms with E-state index in [0.717, 1.165) is 5.82 Å². The van der Waals surface area contributed by atoms with Crippen LogP contribution in [0.2, 0.25) is 0 Å². The van der Waals surface area contributed by atoms with Crippen molar-refractivity contribution < 1.29 is 14.7 Å². The first-order valence-electron chi connectivity index (χ1n) is 5.66. The van der Waals surface area contributed by atoms with Crippen LogP contribution in [0.25, 0.3) is 0 Å². The standard InChI is InChI=1S/C10H17N5O3/c1-15-7-13-14-8(15)4-6-12-10(18)11-5-2-3-9(16)17/h7H,2-6H2,1H3,(H,16,17)(H2,11,12,18). The molecule has 1 rings (SSSR count). The van der Waals surface area contributed by atoms with Gasteiger partial charge in [-0.05, 0) is 6.42 Å². The zero-order valence-corrected chi connectivity index (χ0v) is 10.2. The lowest BCUT2D eigenvalue weighted by Gasteiger charge is -2.06. The van der Waals surface area contributed by atoms with Gasteiger partial charge >= 0.3 is 12.0 Å². The second kappa shape index (κ2) is 7.25. The van der Waals surface area contributed by atoms with Crippen LogP contribution in [-0.2, 0) is 18.3 Å². The van der Waals surface area contributed by atoms with Crippen LogP contribution in [-0.4, -0.2) is 45.0 Å². The van der Waals surface area contributed by atoms with Gasteiger partial charge in [-0.1, -0.05) is 0 Å². The van der Waals surface area contributed by atoms with Crippen LogP contribution in [0.3, 0.4) is 0 Å². The third kappa shape index (κ3) is 5.28. The average molecular weight is 255 g/mol. The highest BCUT2D eigenvalue weighted by Crippen LogP contribution is 1.91. The van der Waals surface area contributed by atoms with Crippen LogP contribution >= 0.6 is 0 Å². The zero-order chi connectivity index (χ0) is 13.4. The molecule has 1 aromatic heterocycles. The molecule has 3 N–H and O–H groups in total. The van der Waals surface area contributed by atoms with Crippen LogP contribution in [0, 0.1) is 0 Å². The zero-order valence-electron chi connectivity index (χ0n) is 10.2. The summed E-state index contributed by atoms with van der Waals surface area (Å²) in [5.74, 6) is -0.0688. The van der Waals surface area contributed by atoms with Crippen LogP contribution in [0.15, 0.2) is 6.33 Å². The predicted octanol–water partition coefficient (Wildman–Crippen LogP) is -0.478. The van der Waals surface area contributed by atoms with Crippen molar-refractivity contribution in [2.45, 2.75) is 19.3 Å². The topological polar surface area (TPSA) is 109 Å². The van der Waals surface area contributed by atoms with Crippen molar-refractivity contribution in [1.29, 1.82) is 0 Å². The maximum Gasteiger partial charge on any atom is 0.314 e. The maximum absolute atomic E-state index is 11.3. The molecule has 0 aromatic carbocycles. The molecule has 0 saturated carbocycles. The molecule has 0 atom stereocenters. The molecule has 8 nitrogen and oxygen atoms in total. The molecule has 0 bridgehead atoms. The molecule has 0 aliphatic carbocycles. The average Bonchev–Trinajstić information content (AvgIpc) is 2.70. The van der Waals surface area contributed by atoms with Gasteiger partial charge in [0.05, 0.1) is 0 Å². The largest absolute Gasteiger partial charge is 0.481 e. The fraction of sp³-hybridized carbons (Fsp3) is 0.600. The molecule has 0 fully saturated rings. The van der Waals surface area contributed by atoms with E-state index in [0.29, 0.717) is 25.9 Å². The summed E-state index contributed by atoms with van der Waals surface area (Å²) in [7, 11) is 1.83. The Morgan fingerprint density at radius 1 is 1.39 bits per heavy atom. The third-order valence-electron chi connectivity index (χ3n) is 2.29. The Balaban J connectivity index is 2.07. The van der Waals surface area contributed by atoms with Gasteiger partial charge in [0.25, 0.3) is 0 Å². The first kappa shape index (κ1) is 13.9. The Labute approximate surface area is 104 Å².